The maximum Gasteiger partial charge on any atom is 0.282 e. The van der Waals surface area contributed by atoms with Crippen molar-refractivity contribution in [1.82, 2.24) is 5.43 Å². The Bertz CT molecular complexity index is 1280. The standard InChI is InChI=1S/C25H19BrCl2N2O4/c1-2-33-20-13-16(12-18-24(31)29-30(25(18)32)17-9-4-3-5-10-17)21(26)22(28)23(20)34-14-15-8-6-7-11-19(15)27/h3-13H,2,14H2,1H3,(H,29,31)/b18-12-. The number of rotatable bonds is 7. The van der Waals surface area contributed by atoms with E-state index in [4.69, 9.17) is 32.7 Å². The Balaban J connectivity index is 1.67. The van der Waals surface area contributed by atoms with Gasteiger partial charge in [0.1, 0.15) is 17.2 Å². The molecule has 1 aliphatic heterocycles. The highest BCUT2D eigenvalue weighted by Crippen LogP contribution is 2.44. The molecule has 3 aromatic carbocycles. The summed E-state index contributed by atoms with van der Waals surface area (Å²) < 4.78 is 12.2. The van der Waals surface area contributed by atoms with Crippen molar-refractivity contribution < 1.29 is 19.1 Å². The Morgan fingerprint density at radius 1 is 1.03 bits per heavy atom. The number of benzene rings is 3. The lowest BCUT2D eigenvalue weighted by molar-refractivity contribution is -0.117. The van der Waals surface area contributed by atoms with E-state index in [0.29, 0.717) is 38.9 Å². The molecule has 2 amide bonds. The molecule has 0 aromatic heterocycles. The minimum Gasteiger partial charge on any atom is -0.490 e. The molecule has 3 aromatic rings. The molecule has 34 heavy (non-hydrogen) atoms. The maximum atomic E-state index is 12.9. The molecule has 0 saturated carbocycles. The van der Waals surface area contributed by atoms with Crippen molar-refractivity contribution in [2.24, 2.45) is 0 Å². The minimum atomic E-state index is -0.520. The summed E-state index contributed by atoms with van der Waals surface area (Å²) in [5.74, 6) is -0.295. The number of para-hydroxylation sites is 1. The average Bonchev–Trinajstić information content (AvgIpc) is 3.12. The maximum absolute atomic E-state index is 12.9. The van der Waals surface area contributed by atoms with Gasteiger partial charge in [-0.2, -0.15) is 0 Å². The van der Waals surface area contributed by atoms with Crippen LogP contribution in [0.4, 0.5) is 5.69 Å². The van der Waals surface area contributed by atoms with Gasteiger partial charge < -0.3 is 9.47 Å². The predicted octanol–water partition coefficient (Wildman–Crippen LogP) is 6.20. The van der Waals surface area contributed by atoms with Crippen LogP contribution in [0.1, 0.15) is 18.1 Å². The lowest BCUT2D eigenvalue weighted by Gasteiger charge is -2.17. The van der Waals surface area contributed by atoms with Crippen molar-refractivity contribution in [2.45, 2.75) is 13.5 Å². The molecule has 0 aliphatic carbocycles. The molecule has 0 bridgehead atoms. The summed E-state index contributed by atoms with van der Waals surface area (Å²) in [5, 5.41) is 2.02. The average molecular weight is 562 g/mol. The molecule has 0 atom stereocenters. The van der Waals surface area contributed by atoms with E-state index in [2.05, 4.69) is 21.4 Å². The molecule has 174 valence electrons. The number of carbonyl (C=O) groups excluding carboxylic acids is 2. The first-order valence-corrected chi connectivity index (χ1v) is 11.9. The summed E-state index contributed by atoms with van der Waals surface area (Å²) in [5.41, 5.74) is 4.38. The second kappa shape index (κ2) is 10.5. The number of nitrogens with zero attached hydrogens (tertiary/aromatic N) is 1. The van der Waals surface area contributed by atoms with Crippen molar-refractivity contribution in [2.75, 3.05) is 11.6 Å². The molecule has 1 aliphatic rings. The van der Waals surface area contributed by atoms with Crippen molar-refractivity contribution in [3.05, 3.63) is 91.9 Å². The minimum absolute atomic E-state index is 0.0344. The third kappa shape index (κ3) is 4.92. The van der Waals surface area contributed by atoms with Crippen molar-refractivity contribution >= 4 is 62.7 Å². The molecule has 1 saturated heterocycles. The van der Waals surface area contributed by atoms with Crippen LogP contribution < -0.4 is 19.9 Å². The largest absolute Gasteiger partial charge is 0.490 e. The zero-order chi connectivity index (χ0) is 24.2. The molecule has 4 rings (SSSR count). The molecule has 6 nitrogen and oxygen atoms in total. The summed E-state index contributed by atoms with van der Waals surface area (Å²) >= 11 is 16.3. The van der Waals surface area contributed by atoms with E-state index in [1.165, 1.54) is 11.1 Å². The smallest absolute Gasteiger partial charge is 0.282 e. The second-order valence-corrected chi connectivity index (χ2v) is 8.79. The van der Waals surface area contributed by atoms with Crippen LogP contribution in [0.25, 0.3) is 6.08 Å². The fraction of sp³-hybridized carbons (Fsp3) is 0.120. The molecule has 1 heterocycles. The van der Waals surface area contributed by atoms with Crippen LogP contribution in [0.2, 0.25) is 10.0 Å². The van der Waals surface area contributed by atoms with Gasteiger partial charge in [-0.05, 0) is 58.8 Å². The van der Waals surface area contributed by atoms with Crippen LogP contribution in [0.15, 0.2) is 70.7 Å². The van der Waals surface area contributed by atoms with Gasteiger partial charge in [0.15, 0.2) is 11.5 Å². The highest BCUT2D eigenvalue weighted by atomic mass is 79.9. The first-order valence-electron chi connectivity index (χ1n) is 10.3. The Morgan fingerprint density at radius 3 is 2.44 bits per heavy atom. The Kier molecular flexibility index (Phi) is 7.46. The Labute approximate surface area is 215 Å². The number of hydrogen-bond donors (Lipinski definition) is 1. The lowest BCUT2D eigenvalue weighted by Crippen LogP contribution is -2.35. The fourth-order valence-electron chi connectivity index (χ4n) is 3.34. The molecule has 0 radical (unpaired) electrons. The normalized spacial score (nSPS) is 14.5. The van der Waals surface area contributed by atoms with Gasteiger partial charge in [0.05, 0.1) is 12.3 Å². The Morgan fingerprint density at radius 2 is 1.74 bits per heavy atom. The highest BCUT2D eigenvalue weighted by molar-refractivity contribution is 9.10. The molecule has 0 spiro atoms. The molecule has 0 unspecified atom stereocenters. The van der Waals surface area contributed by atoms with E-state index < -0.39 is 11.8 Å². The summed E-state index contributed by atoms with van der Waals surface area (Å²) in [7, 11) is 0. The molecule has 1 fully saturated rings. The van der Waals surface area contributed by atoms with E-state index in [-0.39, 0.29) is 17.2 Å². The predicted molar refractivity (Wildman–Crippen MR) is 136 cm³/mol. The van der Waals surface area contributed by atoms with Crippen LogP contribution in [-0.4, -0.2) is 18.4 Å². The molecule has 9 heteroatoms. The first-order chi connectivity index (χ1) is 16.4. The lowest BCUT2D eigenvalue weighted by atomic mass is 10.1. The van der Waals surface area contributed by atoms with Gasteiger partial charge in [-0.15, -0.1) is 0 Å². The third-order valence-electron chi connectivity index (χ3n) is 4.99. The highest BCUT2D eigenvalue weighted by Gasteiger charge is 2.34. The number of ether oxygens (including phenoxy) is 2. The van der Waals surface area contributed by atoms with E-state index in [1.807, 2.05) is 31.2 Å². The zero-order valence-corrected chi connectivity index (χ0v) is 21.1. The van der Waals surface area contributed by atoms with Gasteiger partial charge in [0.25, 0.3) is 11.8 Å². The van der Waals surface area contributed by atoms with E-state index >= 15 is 0 Å². The van der Waals surface area contributed by atoms with E-state index in [0.717, 1.165) is 5.56 Å². The zero-order valence-electron chi connectivity index (χ0n) is 18.0. The van der Waals surface area contributed by atoms with Gasteiger partial charge in [-0.3, -0.25) is 15.0 Å². The molecular weight excluding hydrogens is 543 g/mol. The molecular formula is C25H19BrCl2N2O4. The number of amides is 2. The van der Waals surface area contributed by atoms with Crippen molar-refractivity contribution in [3.63, 3.8) is 0 Å². The monoisotopic (exact) mass is 560 g/mol. The summed E-state index contributed by atoms with van der Waals surface area (Å²) in [6.45, 7) is 2.37. The van der Waals surface area contributed by atoms with Crippen molar-refractivity contribution in [1.29, 1.82) is 0 Å². The van der Waals surface area contributed by atoms with Crippen LogP contribution in [0.5, 0.6) is 11.5 Å². The van der Waals surface area contributed by atoms with Crippen LogP contribution >= 0.6 is 39.1 Å². The number of nitrogens with one attached hydrogen (secondary N) is 1. The first kappa shape index (κ1) is 24.1. The van der Waals surface area contributed by atoms with E-state index in [1.54, 1.807) is 36.4 Å². The summed E-state index contributed by atoms with van der Waals surface area (Å²) in [4.78, 5) is 25.5. The summed E-state index contributed by atoms with van der Waals surface area (Å²) in [6, 6.07) is 17.8. The van der Waals surface area contributed by atoms with Crippen molar-refractivity contribution in [3.8, 4) is 11.5 Å². The molecule has 1 N–H and O–H groups in total. The third-order valence-corrected chi connectivity index (χ3v) is 6.80. The van der Waals surface area contributed by atoms with Crippen LogP contribution in [0.3, 0.4) is 0 Å². The Hall–Kier alpha value is -3.00. The van der Waals surface area contributed by atoms with Gasteiger partial charge in [0, 0.05) is 15.1 Å². The SMILES string of the molecule is CCOc1cc(/C=C2/C(=O)NN(c3ccccc3)C2=O)c(Br)c(Cl)c1OCc1ccccc1Cl. The summed E-state index contributed by atoms with van der Waals surface area (Å²) in [6.07, 6.45) is 1.47. The number of carbonyl (C=O) groups is 2. The quantitative estimate of drug-likeness (QED) is 0.276. The number of anilines is 1. The second-order valence-electron chi connectivity index (χ2n) is 7.21. The van der Waals surface area contributed by atoms with Gasteiger partial charge in [-0.25, -0.2) is 5.01 Å². The van der Waals surface area contributed by atoms with Gasteiger partial charge >= 0.3 is 0 Å². The van der Waals surface area contributed by atoms with Gasteiger partial charge in [0.2, 0.25) is 0 Å². The fourth-order valence-corrected chi connectivity index (χ4v) is 4.20. The number of hydrogen-bond acceptors (Lipinski definition) is 4. The number of hydrazine groups is 1. The van der Waals surface area contributed by atoms with Crippen LogP contribution in [0, 0.1) is 0 Å². The number of halogens is 3. The van der Waals surface area contributed by atoms with Crippen LogP contribution in [-0.2, 0) is 16.2 Å². The van der Waals surface area contributed by atoms with Gasteiger partial charge in [-0.1, -0.05) is 59.6 Å². The topological polar surface area (TPSA) is 67.9 Å². The van der Waals surface area contributed by atoms with E-state index in [9.17, 15) is 9.59 Å².